The van der Waals surface area contributed by atoms with E-state index in [4.69, 9.17) is 0 Å². The summed E-state index contributed by atoms with van der Waals surface area (Å²) in [6.07, 6.45) is 0. The average molecular weight is 581 g/mol. The van der Waals surface area contributed by atoms with Gasteiger partial charge in [0.05, 0.1) is 11.0 Å². The molecule has 0 aliphatic heterocycles. The van der Waals surface area contributed by atoms with Crippen LogP contribution in [0.4, 0.5) is 0 Å². The Hall–Kier alpha value is -4.18. The lowest BCUT2D eigenvalue weighted by molar-refractivity contribution is 1.19. The molecule has 0 bridgehead atoms. The Balaban J connectivity index is 1.32. The van der Waals surface area contributed by atoms with Crippen molar-refractivity contribution in [1.29, 1.82) is 0 Å². The van der Waals surface area contributed by atoms with Gasteiger partial charge < -0.3 is 4.57 Å². The van der Waals surface area contributed by atoms with Crippen LogP contribution in [0.25, 0.3) is 69.9 Å². The van der Waals surface area contributed by atoms with Crippen molar-refractivity contribution in [3.63, 3.8) is 0 Å². The number of para-hydroxylation sites is 1. The molecule has 0 fully saturated rings. The second kappa shape index (κ2) is 8.94. The number of thiophene rings is 1. The Morgan fingerprint density at radius 3 is 1.95 bits per heavy atom. The molecule has 184 valence electrons. The number of benzene rings is 6. The lowest BCUT2D eigenvalue weighted by atomic mass is 9.98. The monoisotopic (exact) mass is 579 g/mol. The van der Waals surface area contributed by atoms with Crippen molar-refractivity contribution >= 4 is 69.2 Å². The second-order valence-corrected chi connectivity index (χ2v) is 12.0. The maximum absolute atomic E-state index is 3.62. The highest BCUT2D eigenvalue weighted by Gasteiger charge is 2.15. The number of hydrogen-bond acceptors (Lipinski definition) is 1. The number of halogens is 1. The van der Waals surface area contributed by atoms with E-state index < -0.39 is 0 Å². The topological polar surface area (TPSA) is 4.93 Å². The molecule has 0 atom stereocenters. The number of nitrogens with zero attached hydrogens (tertiary/aromatic N) is 1. The van der Waals surface area contributed by atoms with E-state index in [0.717, 1.165) is 4.47 Å². The predicted molar refractivity (Wildman–Crippen MR) is 172 cm³/mol. The molecule has 8 rings (SSSR count). The number of hydrogen-bond donors (Lipinski definition) is 0. The van der Waals surface area contributed by atoms with Gasteiger partial charge in [-0.1, -0.05) is 88.7 Å². The molecule has 1 nitrogen and oxygen atoms in total. The molecule has 8 aromatic rings. The molecule has 0 spiro atoms. The van der Waals surface area contributed by atoms with Crippen molar-refractivity contribution in [1.82, 2.24) is 4.57 Å². The Kier molecular flexibility index (Phi) is 5.22. The molecule has 0 radical (unpaired) electrons. The van der Waals surface area contributed by atoms with Gasteiger partial charge in [0, 0.05) is 41.1 Å². The van der Waals surface area contributed by atoms with Crippen LogP contribution in [-0.2, 0) is 0 Å². The van der Waals surface area contributed by atoms with E-state index in [1.54, 1.807) is 0 Å². The maximum Gasteiger partial charge on any atom is 0.0541 e. The molecule has 0 saturated carbocycles. The molecule has 0 amide bonds. The minimum absolute atomic E-state index is 1.09. The normalized spacial score (nSPS) is 11.7. The Bertz CT molecular complexity index is 2200. The lowest BCUT2D eigenvalue weighted by Gasteiger charge is -2.10. The minimum atomic E-state index is 1.09. The molecule has 0 aliphatic rings. The average Bonchev–Trinajstić information content (AvgIpc) is 3.52. The van der Waals surface area contributed by atoms with Gasteiger partial charge in [-0.2, -0.15) is 0 Å². The lowest BCUT2D eigenvalue weighted by Crippen LogP contribution is -1.93. The molecule has 0 saturated heterocycles. The maximum atomic E-state index is 3.62. The van der Waals surface area contributed by atoms with Gasteiger partial charge in [-0.25, -0.2) is 0 Å². The van der Waals surface area contributed by atoms with Crippen molar-refractivity contribution in [3.8, 4) is 27.9 Å². The first-order chi connectivity index (χ1) is 19.2. The third-order valence-electron chi connectivity index (χ3n) is 7.64. The zero-order valence-corrected chi connectivity index (χ0v) is 23.3. The van der Waals surface area contributed by atoms with Gasteiger partial charge in [-0.05, 0) is 82.9 Å². The van der Waals surface area contributed by atoms with Crippen molar-refractivity contribution in [2.75, 3.05) is 0 Å². The van der Waals surface area contributed by atoms with Gasteiger partial charge >= 0.3 is 0 Å². The van der Waals surface area contributed by atoms with Crippen LogP contribution in [0.15, 0.2) is 138 Å². The van der Waals surface area contributed by atoms with E-state index in [0.29, 0.717) is 0 Å². The number of aromatic nitrogens is 1. The van der Waals surface area contributed by atoms with Crippen LogP contribution >= 0.6 is 27.3 Å². The van der Waals surface area contributed by atoms with Crippen LogP contribution in [0.3, 0.4) is 0 Å². The summed E-state index contributed by atoms with van der Waals surface area (Å²) < 4.78 is 6.17. The van der Waals surface area contributed by atoms with Gasteiger partial charge in [-0.15, -0.1) is 11.3 Å². The van der Waals surface area contributed by atoms with Crippen LogP contribution in [-0.4, -0.2) is 4.57 Å². The molecule has 2 aromatic heterocycles. The fourth-order valence-corrected chi connectivity index (χ4v) is 7.32. The first kappa shape index (κ1) is 22.8. The van der Waals surface area contributed by atoms with E-state index in [1.807, 2.05) is 11.3 Å². The molecule has 6 aromatic carbocycles. The van der Waals surface area contributed by atoms with Crippen LogP contribution < -0.4 is 0 Å². The molecule has 0 unspecified atom stereocenters. The van der Waals surface area contributed by atoms with Gasteiger partial charge in [-0.3, -0.25) is 0 Å². The second-order valence-electron chi connectivity index (χ2n) is 9.95. The molecule has 2 heterocycles. The Morgan fingerprint density at radius 1 is 0.436 bits per heavy atom. The van der Waals surface area contributed by atoms with E-state index in [2.05, 4.69) is 154 Å². The first-order valence-corrected chi connectivity index (χ1v) is 14.7. The van der Waals surface area contributed by atoms with E-state index in [-0.39, 0.29) is 0 Å². The highest BCUT2D eigenvalue weighted by molar-refractivity contribution is 9.10. The highest BCUT2D eigenvalue weighted by atomic mass is 79.9. The Labute approximate surface area is 238 Å². The summed E-state index contributed by atoms with van der Waals surface area (Å²) >= 11 is 5.48. The highest BCUT2D eigenvalue weighted by Crippen LogP contribution is 2.39. The van der Waals surface area contributed by atoms with Gasteiger partial charge in [0.1, 0.15) is 0 Å². The molecule has 3 heteroatoms. The summed E-state index contributed by atoms with van der Waals surface area (Å²) in [5.74, 6) is 0. The van der Waals surface area contributed by atoms with Crippen molar-refractivity contribution < 1.29 is 0 Å². The summed E-state index contributed by atoms with van der Waals surface area (Å²) in [6.45, 7) is 0. The molecular weight excluding hydrogens is 558 g/mol. The first-order valence-electron chi connectivity index (χ1n) is 13.0. The predicted octanol–water partition coefficient (Wildman–Crippen LogP) is 11.2. The summed E-state index contributed by atoms with van der Waals surface area (Å²) in [5, 5.41) is 5.19. The van der Waals surface area contributed by atoms with Crippen LogP contribution in [0.2, 0.25) is 0 Å². The summed E-state index contributed by atoms with van der Waals surface area (Å²) in [7, 11) is 0. The van der Waals surface area contributed by atoms with Gasteiger partial charge in [0.25, 0.3) is 0 Å². The smallest absolute Gasteiger partial charge is 0.0541 e. The number of rotatable bonds is 3. The summed E-state index contributed by atoms with van der Waals surface area (Å²) in [6, 6.07) is 48.6. The summed E-state index contributed by atoms with van der Waals surface area (Å²) in [4.78, 5) is 0. The van der Waals surface area contributed by atoms with Crippen molar-refractivity contribution in [3.05, 3.63) is 138 Å². The van der Waals surface area contributed by atoms with Crippen molar-refractivity contribution in [2.24, 2.45) is 0 Å². The molecular formula is C36H22BrNS. The van der Waals surface area contributed by atoms with Gasteiger partial charge in [0.2, 0.25) is 0 Å². The SMILES string of the molecule is Brc1cccc(-c2cccc(-c3ccc4c(c3)c3ccccc3n4-c3ccc4sc5ccccc5c4c3)c2)c1. The van der Waals surface area contributed by atoms with Crippen molar-refractivity contribution in [2.45, 2.75) is 0 Å². The third kappa shape index (κ3) is 3.73. The van der Waals surface area contributed by atoms with Crippen LogP contribution in [0.1, 0.15) is 0 Å². The van der Waals surface area contributed by atoms with E-state index >= 15 is 0 Å². The summed E-state index contributed by atoms with van der Waals surface area (Å²) in [5.41, 5.74) is 8.52. The van der Waals surface area contributed by atoms with Crippen LogP contribution in [0.5, 0.6) is 0 Å². The zero-order chi connectivity index (χ0) is 25.9. The third-order valence-corrected chi connectivity index (χ3v) is 9.29. The Morgan fingerprint density at radius 2 is 1.10 bits per heavy atom. The van der Waals surface area contributed by atoms with E-state index in [1.165, 1.54) is 69.9 Å². The molecule has 0 aliphatic carbocycles. The largest absolute Gasteiger partial charge is 0.309 e. The fraction of sp³-hybridized carbons (Fsp3) is 0. The molecule has 39 heavy (non-hydrogen) atoms. The quantitative estimate of drug-likeness (QED) is 0.196. The standard InChI is InChI=1S/C36H22BrNS/c37-27-10-6-9-25(20-27)23-7-5-8-24(19-23)26-15-17-34-31(21-26)29-11-1-3-13-33(29)38(34)28-16-18-36-32(22-28)30-12-2-4-14-35(30)39-36/h1-22H. The fourth-order valence-electron chi connectivity index (χ4n) is 5.83. The minimum Gasteiger partial charge on any atom is -0.309 e. The molecule has 0 N–H and O–H groups in total. The van der Waals surface area contributed by atoms with E-state index in [9.17, 15) is 0 Å². The van der Waals surface area contributed by atoms with Crippen LogP contribution in [0, 0.1) is 0 Å². The zero-order valence-electron chi connectivity index (χ0n) is 20.9. The van der Waals surface area contributed by atoms with Gasteiger partial charge in [0.15, 0.2) is 0 Å². The number of fused-ring (bicyclic) bond motifs is 6.